The van der Waals surface area contributed by atoms with Crippen LogP contribution in [0.2, 0.25) is 0 Å². The maximum atomic E-state index is 12.1. The summed E-state index contributed by atoms with van der Waals surface area (Å²) in [5.74, 6) is 0.922. The number of Topliss-reactive ketones (excluding diaryl/α,β-unsaturated/α-hetero) is 1. The van der Waals surface area contributed by atoms with Crippen molar-refractivity contribution in [3.8, 4) is 0 Å². The molecule has 124 valence electrons. The predicted octanol–water partition coefficient (Wildman–Crippen LogP) is 2.15. The Labute approximate surface area is 140 Å². The number of aromatic nitrogens is 2. The third kappa shape index (κ3) is 4.16. The Balaban J connectivity index is 1.34. The van der Waals surface area contributed by atoms with Crippen LogP contribution in [-0.2, 0) is 4.79 Å². The highest BCUT2D eigenvalue weighted by atomic mass is 16.2. The van der Waals surface area contributed by atoms with Gasteiger partial charge in [-0.2, -0.15) is 0 Å². The molecule has 1 aliphatic heterocycles. The average Bonchev–Trinajstić information content (AvgIpc) is 2.59. The van der Waals surface area contributed by atoms with Crippen LogP contribution in [0.15, 0.2) is 48.9 Å². The molecule has 1 aliphatic rings. The quantitative estimate of drug-likeness (QED) is 0.790. The second-order valence-electron chi connectivity index (χ2n) is 5.87. The third-order valence-electron chi connectivity index (χ3n) is 4.04. The van der Waals surface area contributed by atoms with Crippen molar-refractivity contribution in [3.63, 3.8) is 0 Å². The van der Waals surface area contributed by atoms with Crippen LogP contribution in [0, 0.1) is 0 Å². The van der Waals surface area contributed by atoms with Gasteiger partial charge < -0.3 is 10.2 Å². The van der Waals surface area contributed by atoms with Gasteiger partial charge in [0.15, 0.2) is 5.78 Å². The molecule has 1 saturated heterocycles. The fraction of sp³-hybridized carbons (Fsp3) is 0.333. The molecule has 0 radical (unpaired) electrons. The summed E-state index contributed by atoms with van der Waals surface area (Å²) in [6.45, 7) is 1.34. The van der Waals surface area contributed by atoms with Gasteiger partial charge in [-0.25, -0.2) is 4.98 Å². The first-order chi connectivity index (χ1) is 11.7. The van der Waals surface area contributed by atoms with Gasteiger partial charge in [-0.15, -0.1) is 0 Å². The fourth-order valence-electron chi connectivity index (χ4n) is 2.68. The molecule has 1 amide bonds. The Morgan fingerprint density at radius 1 is 1.12 bits per heavy atom. The molecule has 1 fully saturated rings. The first-order valence-corrected chi connectivity index (χ1v) is 8.11. The van der Waals surface area contributed by atoms with Crippen LogP contribution in [-0.4, -0.2) is 45.7 Å². The number of likely N-dealkylation sites (tertiary alicyclic amines) is 1. The van der Waals surface area contributed by atoms with E-state index in [1.54, 1.807) is 23.5 Å². The second kappa shape index (κ2) is 7.68. The largest absolute Gasteiger partial charge is 0.362 e. The first kappa shape index (κ1) is 16.1. The lowest BCUT2D eigenvalue weighted by atomic mass is 10.0. The molecule has 6 heteroatoms. The Morgan fingerprint density at radius 2 is 1.92 bits per heavy atom. The van der Waals surface area contributed by atoms with Crippen molar-refractivity contribution in [1.29, 1.82) is 0 Å². The minimum Gasteiger partial charge on any atom is -0.362 e. The highest BCUT2D eigenvalue weighted by Gasteiger charge is 2.30. The maximum absolute atomic E-state index is 12.1. The number of nitrogens with zero attached hydrogens (tertiary/aromatic N) is 3. The smallest absolute Gasteiger partial charge is 0.222 e. The zero-order valence-electron chi connectivity index (χ0n) is 13.4. The Bertz CT molecular complexity index is 685. The molecule has 6 nitrogen and oxygen atoms in total. The molecule has 1 aromatic carbocycles. The molecule has 0 bridgehead atoms. The van der Waals surface area contributed by atoms with E-state index in [1.807, 2.05) is 30.3 Å². The zero-order valence-corrected chi connectivity index (χ0v) is 13.4. The van der Waals surface area contributed by atoms with Crippen molar-refractivity contribution in [2.45, 2.75) is 25.3 Å². The number of hydrogen-bond acceptors (Lipinski definition) is 5. The first-order valence-electron chi connectivity index (χ1n) is 8.11. The molecular weight excluding hydrogens is 304 g/mol. The molecule has 0 unspecified atom stereocenters. The van der Waals surface area contributed by atoms with Gasteiger partial charge in [0.1, 0.15) is 5.82 Å². The SMILES string of the molecule is O=C(CCCC(=O)N1CC(Nc2cnccn2)C1)c1ccccc1. The molecule has 0 aliphatic carbocycles. The number of hydrogen-bond donors (Lipinski definition) is 1. The summed E-state index contributed by atoms with van der Waals surface area (Å²) < 4.78 is 0. The van der Waals surface area contributed by atoms with E-state index in [0.717, 1.165) is 5.82 Å². The summed E-state index contributed by atoms with van der Waals surface area (Å²) in [5, 5.41) is 3.24. The van der Waals surface area contributed by atoms with Gasteiger partial charge in [0, 0.05) is 43.9 Å². The van der Waals surface area contributed by atoms with Gasteiger partial charge in [0.05, 0.1) is 12.2 Å². The van der Waals surface area contributed by atoms with Crippen LogP contribution < -0.4 is 5.32 Å². The monoisotopic (exact) mass is 324 g/mol. The van der Waals surface area contributed by atoms with Crippen molar-refractivity contribution in [1.82, 2.24) is 14.9 Å². The van der Waals surface area contributed by atoms with Gasteiger partial charge >= 0.3 is 0 Å². The van der Waals surface area contributed by atoms with Crippen LogP contribution in [0.3, 0.4) is 0 Å². The number of ketones is 1. The van der Waals surface area contributed by atoms with E-state index >= 15 is 0 Å². The number of benzene rings is 1. The van der Waals surface area contributed by atoms with Gasteiger partial charge in [-0.3, -0.25) is 14.6 Å². The topological polar surface area (TPSA) is 75.2 Å². The Kier molecular flexibility index (Phi) is 5.15. The molecule has 0 saturated carbocycles. The third-order valence-corrected chi connectivity index (χ3v) is 4.04. The highest BCUT2D eigenvalue weighted by Crippen LogP contribution is 2.15. The second-order valence-corrected chi connectivity index (χ2v) is 5.87. The molecule has 3 rings (SSSR count). The van der Waals surface area contributed by atoms with E-state index in [4.69, 9.17) is 0 Å². The number of anilines is 1. The molecule has 24 heavy (non-hydrogen) atoms. The van der Waals surface area contributed by atoms with Crippen molar-refractivity contribution in [3.05, 3.63) is 54.5 Å². The van der Waals surface area contributed by atoms with E-state index in [9.17, 15) is 9.59 Å². The summed E-state index contributed by atoms with van der Waals surface area (Å²) in [4.78, 5) is 34.0. The highest BCUT2D eigenvalue weighted by molar-refractivity contribution is 5.96. The van der Waals surface area contributed by atoms with Gasteiger partial charge in [-0.1, -0.05) is 30.3 Å². The van der Waals surface area contributed by atoms with Crippen LogP contribution in [0.5, 0.6) is 0 Å². The summed E-state index contributed by atoms with van der Waals surface area (Å²) in [5.41, 5.74) is 0.710. The van der Waals surface area contributed by atoms with Crippen molar-refractivity contribution < 1.29 is 9.59 Å². The summed E-state index contributed by atoms with van der Waals surface area (Å²) >= 11 is 0. The van der Waals surface area contributed by atoms with Gasteiger partial charge in [-0.05, 0) is 6.42 Å². The van der Waals surface area contributed by atoms with Gasteiger partial charge in [0.25, 0.3) is 0 Å². The average molecular weight is 324 g/mol. The van der Waals surface area contributed by atoms with Crippen LogP contribution in [0.4, 0.5) is 5.82 Å². The summed E-state index contributed by atoms with van der Waals surface area (Å²) in [6.07, 6.45) is 6.33. The Morgan fingerprint density at radius 3 is 2.62 bits per heavy atom. The number of carbonyl (C=O) groups is 2. The summed E-state index contributed by atoms with van der Waals surface area (Å²) in [6, 6.07) is 9.42. The number of rotatable bonds is 7. The molecule has 1 aromatic heterocycles. The van der Waals surface area contributed by atoms with Crippen LogP contribution in [0.1, 0.15) is 29.6 Å². The normalized spacial score (nSPS) is 14.1. The number of amides is 1. The molecule has 1 N–H and O–H groups in total. The Hall–Kier alpha value is -2.76. The van der Waals surface area contributed by atoms with Crippen molar-refractivity contribution in [2.24, 2.45) is 0 Å². The fourth-order valence-corrected chi connectivity index (χ4v) is 2.68. The van der Waals surface area contributed by atoms with Crippen LogP contribution in [0.25, 0.3) is 0 Å². The predicted molar refractivity (Wildman–Crippen MR) is 90.6 cm³/mol. The van der Waals surface area contributed by atoms with Crippen molar-refractivity contribution in [2.75, 3.05) is 18.4 Å². The number of carbonyl (C=O) groups excluding carboxylic acids is 2. The van der Waals surface area contributed by atoms with E-state index in [2.05, 4.69) is 15.3 Å². The standard InChI is InChI=1S/C18H20N4O2/c23-16(14-5-2-1-3-6-14)7-4-8-18(24)22-12-15(13-22)21-17-11-19-9-10-20-17/h1-3,5-6,9-11,15H,4,7-8,12-13H2,(H,20,21). The maximum Gasteiger partial charge on any atom is 0.222 e. The molecule has 0 atom stereocenters. The van der Waals surface area contributed by atoms with E-state index < -0.39 is 0 Å². The van der Waals surface area contributed by atoms with E-state index in [0.29, 0.717) is 37.9 Å². The lowest BCUT2D eigenvalue weighted by Gasteiger charge is -2.39. The minimum absolute atomic E-state index is 0.0919. The molecule has 2 heterocycles. The summed E-state index contributed by atoms with van der Waals surface area (Å²) in [7, 11) is 0. The minimum atomic E-state index is 0.0919. The molecule has 0 spiro atoms. The zero-order chi connectivity index (χ0) is 16.8. The lowest BCUT2D eigenvalue weighted by Crippen LogP contribution is -2.57. The van der Waals surface area contributed by atoms with Crippen molar-refractivity contribution >= 4 is 17.5 Å². The van der Waals surface area contributed by atoms with E-state index in [1.165, 1.54) is 0 Å². The number of nitrogens with one attached hydrogen (secondary N) is 1. The van der Waals surface area contributed by atoms with Gasteiger partial charge in [0.2, 0.25) is 5.91 Å². The van der Waals surface area contributed by atoms with E-state index in [-0.39, 0.29) is 17.7 Å². The van der Waals surface area contributed by atoms with Crippen LogP contribution >= 0.6 is 0 Å². The lowest BCUT2D eigenvalue weighted by molar-refractivity contribution is -0.135. The molecular formula is C18H20N4O2. The molecule has 2 aromatic rings.